The zero-order valence-corrected chi connectivity index (χ0v) is 13.1. The number of hydrogen-bond donors (Lipinski definition) is 2. The van der Waals surface area contributed by atoms with E-state index in [0.29, 0.717) is 11.3 Å². The molecule has 3 nitrogen and oxygen atoms in total. The molecule has 1 saturated carbocycles. The van der Waals surface area contributed by atoms with Gasteiger partial charge in [0.2, 0.25) is 5.91 Å². The molecule has 0 aromatic carbocycles. The second-order valence-electron chi connectivity index (χ2n) is 6.61. The Balaban J connectivity index is 1.63. The van der Waals surface area contributed by atoms with Gasteiger partial charge in [-0.25, -0.2) is 0 Å². The van der Waals surface area contributed by atoms with Crippen molar-refractivity contribution in [1.82, 2.24) is 10.6 Å². The summed E-state index contributed by atoms with van der Waals surface area (Å²) in [6.07, 6.45) is 3.42. The largest absolute Gasteiger partial charge is 0.348 e. The molecular weight excluding hydrogens is 268 g/mol. The lowest BCUT2D eigenvalue weighted by Crippen LogP contribution is -2.36. The van der Waals surface area contributed by atoms with Crippen LogP contribution in [0.25, 0.3) is 0 Å². The van der Waals surface area contributed by atoms with Gasteiger partial charge in [-0.05, 0) is 55.1 Å². The number of carbonyl (C=O) groups excluding carboxylic acids is 1. The second kappa shape index (κ2) is 5.49. The number of thiophene rings is 1. The van der Waals surface area contributed by atoms with E-state index < -0.39 is 0 Å². The predicted molar refractivity (Wildman–Crippen MR) is 82.7 cm³/mol. The fourth-order valence-electron chi connectivity index (χ4n) is 3.48. The van der Waals surface area contributed by atoms with Crippen LogP contribution in [0.1, 0.15) is 44.0 Å². The Morgan fingerprint density at radius 1 is 1.45 bits per heavy atom. The molecule has 0 bridgehead atoms. The maximum absolute atomic E-state index is 12.6. The molecule has 2 N–H and O–H groups in total. The first-order valence-electron chi connectivity index (χ1n) is 7.67. The molecule has 1 amide bonds. The van der Waals surface area contributed by atoms with Gasteiger partial charge in [0.1, 0.15) is 0 Å². The van der Waals surface area contributed by atoms with Crippen LogP contribution in [-0.4, -0.2) is 19.0 Å². The third-order valence-corrected chi connectivity index (χ3v) is 5.88. The summed E-state index contributed by atoms with van der Waals surface area (Å²) in [6, 6.07) is 4.36. The first-order chi connectivity index (χ1) is 9.62. The average molecular weight is 292 g/mol. The molecule has 2 heterocycles. The monoisotopic (exact) mass is 292 g/mol. The number of nitrogens with one attached hydrogen (secondary N) is 2. The quantitative estimate of drug-likeness (QED) is 0.896. The minimum Gasteiger partial charge on any atom is -0.348 e. The average Bonchev–Trinajstić information content (AvgIpc) is 2.89. The summed E-state index contributed by atoms with van der Waals surface area (Å²) in [5.74, 6) is 0.963. The highest BCUT2D eigenvalue weighted by Crippen LogP contribution is 2.58. The molecule has 110 valence electrons. The van der Waals surface area contributed by atoms with Crippen LogP contribution in [0.15, 0.2) is 17.5 Å². The summed E-state index contributed by atoms with van der Waals surface area (Å²) in [5, 5.41) is 8.78. The standard InChI is InChI=1S/C16H24N2OS/c1-11(2)14(13-4-3-9-20-13)18-15(19)12-10-16(12)5-7-17-8-6-16/h3-4,9,11-12,14,17H,5-8,10H2,1-2H3,(H,18,19). The SMILES string of the molecule is CC(C)C(NC(=O)C1CC12CCNCC2)c1cccs1. The molecule has 0 radical (unpaired) electrons. The van der Waals surface area contributed by atoms with Crippen molar-refractivity contribution in [3.05, 3.63) is 22.4 Å². The van der Waals surface area contributed by atoms with E-state index in [4.69, 9.17) is 0 Å². The van der Waals surface area contributed by atoms with Crippen molar-refractivity contribution in [1.29, 1.82) is 0 Å². The molecule has 1 saturated heterocycles. The van der Waals surface area contributed by atoms with E-state index in [1.54, 1.807) is 11.3 Å². The van der Waals surface area contributed by atoms with E-state index >= 15 is 0 Å². The Labute approximate surface area is 125 Å². The molecule has 3 rings (SSSR count). The van der Waals surface area contributed by atoms with E-state index in [2.05, 4.69) is 42.0 Å². The van der Waals surface area contributed by atoms with Crippen LogP contribution in [0.5, 0.6) is 0 Å². The topological polar surface area (TPSA) is 41.1 Å². The van der Waals surface area contributed by atoms with Crippen molar-refractivity contribution >= 4 is 17.2 Å². The van der Waals surface area contributed by atoms with Crippen molar-refractivity contribution in [3.8, 4) is 0 Å². The van der Waals surface area contributed by atoms with E-state index in [1.807, 2.05) is 0 Å². The number of piperidine rings is 1. The van der Waals surface area contributed by atoms with Crippen molar-refractivity contribution in [2.45, 2.75) is 39.2 Å². The normalized spacial score (nSPS) is 25.6. The van der Waals surface area contributed by atoms with Gasteiger partial charge in [0, 0.05) is 10.8 Å². The first-order valence-corrected chi connectivity index (χ1v) is 8.55. The van der Waals surface area contributed by atoms with Crippen molar-refractivity contribution in [2.75, 3.05) is 13.1 Å². The highest BCUT2D eigenvalue weighted by atomic mass is 32.1. The summed E-state index contributed by atoms with van der Waals surface area (Å²) in [6.45, 7) is 6.50. The van der Waals surface area contributed by atoms with Crippen LogP contribution < -0.4 is 10.6 Å². The van der Waals surface area contributed by atoms with Crippen LogP contribution in [0.4, 0.5) is 0 Å². The molecule has 2 unspecified atom stereocenters. The second-order valence-corrected chi connectivity index (χ2v) is 7.59. The van der Waals surface area contributed by atoms with Gasteiger partial charge in [0.05, 0.1) is 6.04 Å². The van der Waals surface area contributed by atoms with Gasteiger partial charge in [-0.2, -0.15) is 0 Å². The Bertz CT molecular complexity index is 463. The van der Waals surface area contributed by atoms with Crippen LogP contribution in [0.3, 0.4) is 0 Å². The molecule has 1 spiro atoms. The molecule has 2 fully saturated rings. The van der Waals surface area contributed by atoms with Crippen molar-refractivity contribution in [2.24, 2.45) is 17.3 Å². The third-order valence-electron chi connectivity index (χ3n) is 4.92. The molecule has 4 heteroatoms. The molecule has 1 aliphatic heterocycles. The molecule has 1 aromatic heterocycles. The van der Waals surface area contributed by atoms with Gasteiger partial charge >= 0.3 is 0 Å². The summed E-state index contributed by atoms with van der Waals surface area (Å²) in [4.78, 5) is 13.8. The van der Waals surface area contributed by atoms with Gasteiger partial charge in [-0.1, -0.05) is 19.9 Å². The summed E-state index contributed by atoms with van der Waals surface area (Å²) in [5.41, 5.74) is 0.326. The zero-order chi connectivity index (χ0) is 14.2. The molecule has 2 aliphatic rings. The minimum absolute atomic E-state index is 0.168. The first kappa shape index (κ1) is 14.1. The van der Waals surface area contributed by atoms with Crippen LogP contribution >= 0.6 is 11.3 Å². The van der Waals surface area contributed by atoms with Crippen LogP contribution in [-0.2, 0) is 4.79 Å². The Hall–Kier alpha value is -0.870. The van der Waals surface area contributed by atoms with Crippen molar-refractivity contribution in [3.63, 3.8) is 0 Å². The van der Waals surface area contributed by atoms with E-state index in [9.17, 15) is 4.79 Å². The van der Waals surface area contributed by atoms with Crippen LogP contribution in [0, 0.1) is 17.3 Å². The van der Waals surface area contributed by atoms with E-state index in [1.165, 1.54) is 4.88 Å². The summed E-state index contributed by atoms with van der Waals surface area (Å²) >= 11 is 1.74. The molecular formula is C16H24N2OS. The summed E-state index contributed by atoms with van der Waals surface area (Å²) in [7, 11) is 0. The summed E-state index contributed by atoms with van der Waals surface area (Å²) < 4.78 is 0. The lowest BCUT2D eigenvalue weighted by Gasteiger charge is -2.25. The number of rotatable bonds is 4. The lowest BCUT2D eigenvalue weighted by molar-refractivity contribution is -0.124. The fourth-order valence-corrected chi connectivity index (χ4v) is 4.43. The number of hydrogen-bond acceptors (Lipinski definition) is 3. The maximum Gasteiger partial charge on any atom is 0.224 e. The van der Waals surface area contributed by atoms with Gasteiger partial charge in [-0.15, -0.1) is 11.3 Å². The minimum atomic E-state index is 0.168. The van der Waals surface area contributed by atoms with Gasteiger partial charge in [0.25, 0.3) is 0 Å². The maximum atomic E-state index is 12.6. The van der Waals surface area contributed by atoms with Crippen molar-refractivity contribution < 1.29 is 4.79 Å². The number of carbonyl (C=O) groups is 1. The van der Waals surface area contributed by atoms with Gasteiger partial charge in [0.15, 0.2) is 0 Å². The fraction of sp³-hybridized carbons (Fsp3) is 0.688. The van der Waals surface area contributed by atoms with Gasteiger partial charge < -0.3 is 10.6 Å². The zero-order valence-electron chi connectivity index (χ0n) is 12.3. The molecule has 2 atom stereocenters. The van der Waals surface area contributed by atoms with Gasteiger partial charge in [-0.3, -0.25) is 4.79 Å². The molecule has 20 heavy (non-hydrogen) atoms. The smallest absolute Gasteiger partial charge is 0.224 e. The number of amides is 1. The van der Waals surface area contributed by atoms with E-state index in [0.717, 1.165) is 32.4 Å². The Morgan fingerprint density at radius 3 is 2.80 bits per heavy atom. The third kappa shape index (κ3) is 2.63. The lowest BCUT2D eigenvalue weighted by atomic mass is 9.91. The van der Waals surface area contributed by atoms with E-state index in [-0.39, 0.29) is 17.9 Å². The highest BCUT2D eigenvalue weighted by Gasteiger charge is 2.57. The highest BCUT2D eigenvalue weighted by molar-refractivity contribution is 7.10. The Morgan fingerprint density at radius 2 is 2.20 bits per heavy atom. The Kier molecular flexibility index (Phi) is 3.87. The predicted octanol–water partition coefficient (Wildman–Crippen LogP) is 2.95. The molecule has 1 aromatic rings. The van der Waals surface area contributed by atoms with Crippen LogP contribution in [0.2, 0.25) is 0 Å². The molecule has 1 aliphatic carbocycles.